The number of aromatic nitrogens is 3. The van der Waals surface area contributed by atoms with E-state index in [2.05, 4.69) is 11.1 Å². The van der Waals surface area contributed by atoms with Crippen molar-refractivity contribution in [2.45, 2.75) is 25.4 Å². The Morgan fingerprint density at radius 3 is 2.94 bits per heavy atom. The van der Waals surface area contributed by atoms with Crippen molar-refractivity contribution < 1.29 is 9.53 Å². The molecular weight excluding hydrogens is 396 g/mol. The minimum atomic E-state index is -0.368. The number of rotatable bonds is 5. The number of piperidine rings is 1. The Kier molecular flexibility index (Phi) is 5.48. The van der Waals surface area contributed by atoms with Gasteiger partial charge in [0.05, 0.1) is 20.0 Å². The van der Waals surface area contributed by atoms with Crippen molar-refractivity contribution in [2.24, 2.45) is 12.8 Å². The van der Waals surface area contributed by atoms with Gasteiger partial charge in [0.25, 0.3) is 5.56 Å². The number of ether oxygens (including phenoxy) is 1. The summed E-state index contributed by atoms with van der Waals surface area (Å²) in [7, 11) is 3.27. The number of ketones is 1. The summed E-state index contributed by atoms with van der Waals surface area (Å²) in [6, 6.07) is 9.00. The van der Waals surface area contributed by atoms with Gasteiger partial charge in [0.1, 0.15) is 34.2 Å². The van der Waals surface area contributed by atoms with Gasteiger partial charge in [0.2, 0.25) is 0 Å². The van der Waals surface area contributed by atoms with Crippen LogP contribution in [0.15, 0.2) is 35.4 Å². The molecule has 2 N–H and O–H groups in total. The maximum Gasteiger partial charge on any atom is 0.278 e. The van der Waals surface area contributed by atoms with E-state index in [9.17, 15) is 14.9 Å². The number of nitrogens with two attached hydrogens (primary N) is 1. The van der Waals surface area contributed by atoms with E-state index in [1.807, 2.05) is 4.90 Å². The zero-order valence-electron chi connectivity index (χ0n) is 17.5. The highest BCUT2D eigenvalue weighted by Crippen LogP contribution is 2.30. The van der Waals surface area contributed by atoms with E-state index in [-0.39, 0.29) is 23.9 Å². The fourth-order valence-electron chi connectivity index (χ4n) is 4.17. The Balaban J connectivity index is 1.75. The standard InChI is InChI=1S/C22H24N6O3/c1-26-20-19(17(10-23)21(26)27-8-4-6-15(24)11-27)25-13-28(22(20)30)12-18(29)14-5-3-7-16(9-14)31-2/h3,5,7,9,13,15H,4,6,8,11-12,24H2,1-2H3/t15-/m1/s1. The molecule has 9 heteroatoms. The van der Waals surface area contributed by atoms with E-state index < -0.39 is 0 Å². The van der Waals surface area contributed by atoms with Crippen LogP contribution in [0, 0.1) is 11.3 Å². The Morgan fingerprint density at radius 1 is 1.42 bits per heavy atom. The highest BCUT2D eigenvalue weighted by molar-refractivity contribution is 5.96. The first kappa shape index (κ1) is 20.6. The molecule has 160 valence electrons. The summed E-state index contributed by atoms with van der Waals surface area (Å²) in [6.45, 7) is 1.21. The van der Waals surface area contributed by atoms with E-state index in [4.69, 9.17) is 10.5 Å². The first-order chi connectivity index (χ1) is 14.9. The molecule has 1 saturated heterocycles. The Labute approximate surface area is 179 Å². The molecule has 1 atom stereocenters. The molecule has 0 saturated carbocycles. The second kappa shape index (κ2) is 8.24. The van der Waals surface area contributed by atoms with Crippen LogP contribution in [-0.2, 0) is 13.6 Å². The van der Waals surface area contributed by atoms with Crippen molar-refractivity contribution >= 4 is 22.6 Å². The molecule has 1 aliphatic rings. The van der Waals surface area contributed by atoms with Crippen molar-refractivity contribution in [2.75, 3.05) is 25.1 Å². The number of carbonyl (C=O) groups excluding carboxylic acids is 1. The number of carbonyl (C=O) groups is 1. The van der Waals surface area contributed by atoms with Gasteiger partial charge in [-0.1, -0.05) is 12.1 Å². The van der Waals surface area contributed by atoms with Crippen molar-refractivity contribution in [1.82, 2.24) is 14.1 Å². The van der Waals surface area contributed by atoms with Gasteiger partial charge in [0, 0.05) is 31.7 Å². The molecule has 4 rings (SSSR count). The van der Waals surface area contributed by atoms with Crippen LogP contribution in [0.1, 0.15) is 28.8 Å². The summed E-state index contributed by atoms with van der Waals surface area (Å²) in [4.78, 5) is 32.4. The summed E-state index contributed by atoms with van der Waals surface area (Å²) < 4.78 is 8.14. The predicted molar refractivity (Wildman–Crippen MR) is 116 cm³/mol. The molecule has 9 nitrogen and oxygen atoms in total. The molecule has 0 amide bonds. The lowest BCUT2D eigenvalue weighted by Gasteiger charge is -2.32. The number of benzene rings is 1. The van der Waals surface area contributed by atoms with Crippen molar-refractivity contribution in [3.63, 3.8) is 0 Å². The summed E-state index contributed by atoms with van der Waals surface area (Å²) in [5.74, 6) is 0.977. The fraction of sp³-hybridized carbons (Fsp3) is 0.364. The third-order valence-corrected chi connectivity index (χ3v) is 5.70. The summed E-state index contributed by atoms with van der Waals surface area (Å²) in [6.07, 6.45) is 3.18. The highest BCUT2D eigenvalue weighted by atomic mass is 16.5. The van der Waals surface area contributed by atoms with Crippen LogP contribution in [0.4, 0.5) is 5.82 Å². The number of Topliss-reactive ketones (excluding diaryl/α,β-unsaturated/α-hetero) is 1. The number of aryl methyl sites for hydroxylation is 1. The van der Waals surface area contributed by atoms with E-state index in [0.717, 1.165) is 19.4 Å². The van der Waals surface area contributed by atoms with Crippen LogP contribution >= 0.6 is 0 Å². The third kappa shape index (κ3) is 3.66. The molecule has 0 unspecified atom stereocenters. The molecule has 1 aromatic carbocycles. The molecule has 1 fully saturated rings. The van der Waals surface area contributed by atoms with Gasteiger partial charge in [-0.15, -0.1) is 0 Å². The maximum atomic E-state index is 13.2. The zero-order chi connectivity index (χ0) is 22.1. The number of hydrogen-bond acceptors (Lipinski definition) is 7. The Bertz CT molecular complexity index is 1250. The minimum absolute atomic E-state index is 0.0170. The molecule has 0 bridgehead atoms. The number of hydrogen-bond donors (Lipinski definition) is 1. The monoisotopic (exact) mass is 420 g/mol. The molecular formula is C22H24N6O3. The van der Waals surface area contributed by atoms with Gasteiger partial charge in [-0.25, -0.2) is 4.98 Å². The Morgan fingerprint density at radius 2 is 2.23 bits per heavy atom. The molecule has 0 aliphatic carbocycles. The lowest BCUT2D eigenvalue weighted by atomic mass is 10.1. The normalized spacial score (nSPS) is 16.3. The van der Waals surface area contributed by atoms with Crippen LogP contribution in [0.25, 0.3) is 11.0 Å². The average Bonchev–Trinajstić information content (AvgIpc) is 3.07. The van der Waals surface area contributed by atoms with Gasteiger partial charge in [-0.2, -0.15) is 5.26 Å². The molecule has 3 heterocycles. The van der Waals surface area contributed by atoms with Gasteiger partial charge >= 0.3 is 0 Å². The quantitative estimate of drug-likeness (QED) is 0.620. The zero-order valence-corrected chi connectivity index (χ0v) is 17.5. The highest BCUT2D eigenvalue weighted by Gasteiger charge is 2.27. The van der Waals surface area contributed by atoms with Gasteiger partial charge in [0.15, 0.2) is 5.78 Å². The number of fused-ring (bicyclic) bond motifs is 1. The van der Waals surface area contributed by atoms with Gasteiger partial charge in [-0.3, -0.25) is 14.2 Å². The number of methoxy groups -OCH3 is 1. The molecule has 1 aliphatic heterocycles. The first-order valence-corrected chi connectivity index (χ1v) is 10.1. The molecule has 0 radical (unpaired) electrons. The number of anilines is 1. The smallest absolute Gasteiger partial charge is 0.278 e. The van der Waals surface area contributed by atoms with Crippen LogP contribution in [-0.4, -0.2) is 46.1 Å². The average molecular weight is 420 g/mol. The van der Waals surface area contributed by atoms with E-state index >= 15 is 0 Å². The van der Waals surface area contributed by atoms with E-state index in [0.29, 0.717) is 40.3 Å². The van der Waals surface area contributed by atoms with Crippen LogP contribution in [0.5, 0.6) is 5.75 Å². The van der Waals surface area contributed by atoms with E-state index in [1.165, 1.54) is 18.0 Å². The SMILES string of the molecule is COc1cccc(C(=O)Cn2cnc3c(C#N)c(N4CCC[C@@H](N)C4)n(C)c3c2=O)c1. The molecule has 31 heavy (non-hydrogen) atoms. The molecule has 2 aromatic heterocycles. The van der Waals surface area contributed by atoms with Crippen LogP contribution in [0.3, 0.4) is 0 Å². The van der Waals surface area contributed by atoms with Crippen molar-refractivity contribution in [3.05, 3.63) is 52.1 Å². The summed E-state index contributed by atoms with van der Waals surface area (Å²) >= 11 is 0. The number of nitriles is 1. The fourth-order valence-corrected chi connectivity index (χ4v) is 4.17. The minimum Gasteiger partial charge on any atom is -0.497 e. The van der Waals surface area contributed by atoms with Crippen LogP contribution < -0.4 is 20.9 Å². The first-order valence-electron chi connectivity index (χ1n) is 10.1. The van der Waals surface area contributed by atoms with E-state index in [1.54, 1.807) is 35.9 Å². The lowest BCUT2D eigenvalue weighted by Crippen LogP contribution is -2.43. The van der Waals surface area contributed by atoms with Gasteiger partial charge in [-0.05, 0) is 25.0 Å². The predicted octanol–water partition coefficient (Wildman–Crippen LogP) is 1.43. The topological polar surface area (TPSA) is 119 Å². The largest absolute Gasteiger partial charge is 0.497 e. The molecule has 3 aromatic rings. The maximum absolute atomic E-state index is 13.2. The van der Waals surface area contributed by atoms with Gasteiger partial charge < -0.3 is 19.9 Å². The lowest BCUT2D eigenvalue weighted by molar-refractivity contribution is 0.0970. The molecule has 0 spiro atoms. The van der Waals surface area contributed by atoms with Crippen molar-refractivity contribution in [1.29, 1.82) is 5.26 Å². The van der Waals surface area contributed by atoms with Crippen molar-refractivity contribution in [3.8, 4) is 11.8 Å². The second-order valence-corrected chi connectivity index (χ2v) is 7.75. The summed E-state index contributed by atoms with van der Waals surface area (Å²) in [5, 5.41) is 9.79. The third-order valence-electron chi connectivity index (χ3n) is 5.70. The second-order valence-electron chi connectivity index (χ2n) is 7.75. The summed E-state index contributed by atoms with van der Waals surface area (Å²) in [5.41, 5.74) is 7.19. The number of nitrogens with zero attached hydrogens (tertiary/aromatic N) is 5. The van der Waals surface area contributed by atoms with Crippen LogP contribution in [0.2, 0.25) is 0 Å². The Hall–Kier alpha value is -3.64.